The van der Waals surface area contributed by atoms with Crippen LogP contribution in [-0.4, -0.2) is 31.3 Å². The van der Waals surface area contributed by atoms with E-state index in [9.17, 15) is 10.1 Å². The molecule has 0 aliphatic heterocycles. The number of anilines is 1. The fraction of sp³-hybridized carbons (Fsp3) is 0.538. The third-order valence-electron chi connectivity index (χ3n) is 2.59. The number of non-ortho nitro benzene ring substituents is 1. The van der Waals surface area contributed by atoms with Crippen molar-refractivity contribution in [3.63, 3.8) is 0 Å². The second-order valence-corrected chi connectivity index (χ2v) is 4.21. The molecule has 0 aliphatic carbocycles. The fourth-order valence-corrected chi connectivity index (χ4v) is 1.69. The van der Waals surface area contributed by atoms with Gasteiger partial charge < -0.3 is 14.8 Å². The van der Waals surface area contributed by atoms with Gasteiger partial charge in [0, 0.05) is 37.0 Å². The smallest absolute Gasteiger partial charge is 0.269 e. The molecule has 1 unspecified atom stereocenters. The van der Waals surface area contributed by atoms with Crippen molar-refractivity contribution < 1.29 is 14.4 Å². The predicted molar refractivity (Wildman–Crippen MR) is 73.4 cm³/mol. The number of ether oxygens (including phenoxy) is 2. The van der Waals surface area contributed by atoms with E-state index in [1.807, 2.05) is 13.8 Å². The maximum Gasteiger partial charge on any atom is 0.269 e. The lowest BCUT2D eigenvalue weighted by Crippen LogP contribution is -2.15. The van der Waals surface area contributed by atoms with Crippen LogP contribution in [0.3, 0.4) is 0 Å². The summed E-state index contributed by atoms with van der Waals surface area (Å²) in [5, 5.41) is 14.0. The van der Waals surface area contributed by atoms with Gasteiger partial charge in [-0.1, -0.05) is 0 Å². The van der Waals surface area contributed by atoms with Gasteiger partial charge >= 0.3 is 0 Å². The molecule has 106 valence electrons. The van der Waals surface area contributed by atoms with Crippen molar-refractivity contribution in [1.82, 2.24) is 0 Å². The highest BCUT2D eigenvalue weighted by Gasteiger charge is 2.12. The molecule has 0 fully saturated rings. The average Bonchev–Trinajstić information content (AvgIpc) is 2.38. The highest BCUT2D eigenvalue weighted by Crippen LogP contribution is 2.23. The van der Waals surface area contributed by atoms with Crippen LogP contribution in [0.25, 0.3) is 0 Å². The Balaban J connectivity index is 2.81. The summed E-state index contributed by atoms with van der Waals surface area (Å²) < 4.78 is 10.6. The molecule has 1 aromatic rings. The van der Waals surface area contributed by atoms with Gasteiger partial charge in [0.1, 0.15) is 0 Å². The molecular weight excluding hydrogens is 248 g/mol. The van der Waals surface area contributed by atoms with Gasteiger partial charge in [0.2, 0.25) is 0 Å². The third kappa shape index (κ3) is 4.84. The summed E-state index contributed by atoms with van der Waals surface area (Å²) in [6.07, 6.45) is -0.0567. The zero-order chi connectivity index (χ0) is 14.3. The van der Waals surface area contributed by atoms with Crippen LogP contribution in [0.15, 0.2) is 18.2 Å². The Kier molecular flexibility index (Phi) is 6.24. The Bertz CT molecular complexity index is 423. The van der Waals surface area contributed by atoms with Crippen molar-refractivity contribution in [1.29, 1.82) is 0 Å². The van der Waals surface area contributed by atoms with Crippen LogP contribution in [0, 0.1) is 10.1 Å². The molecule has 1 atom stereocenters. The number of rotatable bonds is 8. The van der Waals surface area contributed by atoms with Crippen molar-refractivity contribution in [3.05, 3.63) is 33.9 Å². The van der Waals surface area contributed by atoms with Crippen LogP contribution in [0.5, 0.6) is 0 Å². The normalized spacial score (nSPS) is 12.2. The summed E-state index contributed by atoms with van der Waals surface area (Å²) in [5.41, 5.74) is 1.70. The van der Waals surface area contributed by atoms with E-state index < -0.39 is 4.92 Å². The number of benzene rings is 1. The first-order valence-corrected chi connectivity index (χ1v) is 6.20. The van der Waals surface area contributed by atoms with Gasteiger partial charge in [-0.05, 0) is 19.9 Å². The average molecular weight is 268 g/mol. The molecule has 0 heterocycles. The number of nitrogens with zero attached hydrogens (tertiary/aromatic N) is 1. The summed E-state index contributed by atoms with van der Waals surface area (Å²) in [6, 6.07) is 4.74. The summed E-state index contributed by atoms with van der Waals surface area (Å²) in [6.45, 7) is 5.42. The highest BCUT2D eigenvalue weighted by molar-refractivity contribution is 5.55. The summed E-state index contributed by atoms with van der Waals surface area (Å²) in [4.78, 5) is 10.4. The minimum atomic E-state index is -0.405. The van der Waals surface area contributed by atoms with Crippen LogP contribution >= 0.6 is 0 Å². The van der Waals surface area contributed by atoms with Crippen LogP contribution in [0.2, 0.25) is 0 Å². The SMILES string of the molecule is CCNc1ccc([N+](=O)[O-])cc1COC(C)COC. The molecule has 0 amide bonds. The monoisotopic (exact) mass is 268 g/mol. The molecule has 1 rings (SSSR count). The predicted octanol–water partition coefficient (Wildman–Crippen LogP) is 2.58. The van der Waals surface area contributed by atoms with E-state index in [4.69, 9.17) is 9.47 Å². The first-order valence-electron chi connectivity index (χ1n) is 6.20. The van der Waals surface area contributed by atoms with Gasteiger partial charge in [-0.3, -0.25) is 10.1 Å². The molecule has 1 N–H and O–H groups in total. The molecule has 0 saturated carbocycles. The quantitative estimate of drug-likeness (QED) is 0.579. The molecular formula is C13H20N2O4. The first kappa shape index (κ1) is 15.4. The Labute approximate surface area is 112 Å². The Morgan fingerprint density at radius 3 is 2.79 bits per heavy atom. The molecule has 0 bridgehead atoms. The van der Waals surface area contributed by atoms with Gasteiger partial charge in [0.15, 0.2) is 0 Å². The molecule has 0 radical (unpaired) electrons. The minimum absolute atomic E-state index is 0.0567. The molecule has 0 saturated heterocycles. The number of nitrogens with one attached hydrogen (secondary N) is 1. The second kappa shape index (κ2) is 7.70. The highest BCUT2D eigenvalue weighted by atomic mass is 16.6. The Morgan fingerprint density at radius 2 is 2.21 bits per heavy atom. The summed E-state index contributed by atoms with van der Waals surface area (Å²) >= 11 is 0. The molecule has 19 heavy (non-hydrogen) atoms. The zero-order valence-corrected chi connectivity index (χ0v) is 11.5. The lowest BCUT2D eigenvalue weighted by atomic mass is 10.1. The maximum atomic E-state index is 10.8. The topological polar surface area (TPSA) is 73.6 Å². The number of hydrogen-bond donors (Lipinski definition) is 1. The first-order chi connectivity index (χ1) is 9.08. The Morgan fingerprint density at radius 1 is 1.47 bits per heavy atom. The Hall–Kier alpha value is -1.66. The third-order valence-corrected chi connectivity index (χ3v) is 2.59. The van der Waals surface area contributed by atoms with Crippen LogP contribution in [-0.2, 0) is 16.1 Å². The van der Waals surface area contributed by atoms with Crippen LogP contribution in [0.1, 0.15) is 19.4 Å². The molecule has 0 aromatic heterocycles. The largest absolute Gasteiger partial charge is 0.385 e. The summed E-state index contributed by atoms with van der Waals surface area (Å²) in [5.74, 6) is 0. The van der Waals surface area contributed by atoms with Crippen molar-refractivity contribution in [2.24, 2.45) is 0 Å². The number of hydrogen-bond acceptors (Lipinski definition) is 5. The van der Waals surface area contributed by atoms with E-state index in [2.05, 4.69) is 5.32 Å². The maximum absolute atomic E-state index is 10.8. The van der Waals surface area contributed by atoms with Gasteiger partial charge in [0.05, 0.1) is 24.2 Å². The summed E-state index contributed by atoms with van der Waals surface area (Å²) in [7, 11) is 1.61. The van der Waals surface area contributed by atoms with Crippen LogP contribution < -0.4 is 5.32 Å². The van der Waals surface area contributed by atoms with E-state index >= 15 is 0 Å². The lowest BCUT2D eigenvalue weighted by molar-refractivity contribution is -0.384. The van der Waals surface area contributed by atoms with Crippen molar-refractivity contribution in [3.8, 4) is 0 Å². The van der Waals surface area contributed by atoms with E-state index in [0.29, 0.717) is 13.2 Å². The van der Waals surface area contributed by atoms with Crippen molar-refractivity contribution in [2.45, 2.75) is 26.6 Å². The van der Waals surface area contributed by atoms with E-state index in [-0.39, 0.29) is 11.8 Å². The van der Waals surface area contributed by atoms with Gasteiger partial charge in [-0.2, -0.15) is 0 Å². The van der Waals surface area contributed by atoms with Gasteiger partial charge in [-0.25, -0.2) is 0 Å². The van der Waals surface area contributed by atoms with Crippen LogP contribution in [0.4, 0.5) is 11.4 Å². The fourth-order valence-electron chi connectivity index (χ4n) is 1.69. The number of nitro groups is 1. The number of nitro benzene ring substituents is 1. The van der Waals surface area contributed by atoms with E-state index in [0.717, 1.165) is 17.8 Å². The van der Waals surface area contributed by atoms with E-state index in [1.165, 1.54) is 12.1 Å². The lowest BCUT2D eigenvalue weighted by Gasteiger charge is -2.15. The molecule has 0 aliphatic rings. The molecule has 6 heteroatoms. The van der Waals surface area contributed by atoms with Crippen molar-refractivity contribution >= 4 is 11.4 Å². The zero-order valence-electron chi connectivity index (χ0n) is 11.5. The second-order valence-electron chi connectivity index (χ2n) is 4.21. The van der Waals surface area contributed by atoms with Gasteiger partial charge in [0.25, 0.3) is 5.69 Å². The standard InChI is InChI=1S/C13H20N2O4/c1-4-14-13-6-5-12(15(16)17)7-11(13)9-19-10(2)8-18-3/h5-7,10,14H,4,8-9H2,1-3H3. The number of methoxy groups -OCH3 is 1. The van der Waals surface area contributed by atoms with Crippen molar-refractivity contribution in [2.75, 3.05) is 25.6 Å². The van der Waals surface area contributed by atoms with Gasteiger partial charge in [-0.15, -0.1) is 0 Å². The van der Waals surface area contributed by atoms with E-state index in [1.54, 1.807) is 13.2 Å². The molecule has 6 nitrogen and oxygen atoms in total. The minimum Gasteiger partial charge on any atom is -0.385 e. The molecule has 0 spiro atoms. The molecule has 1 aromatic carbocycles.